The van der Waals surface area contributed by atoms with Crippen LogP contribution in [0.5, 0.6) is 0 Å². The van der Waals surface area contributed by atoms with Gasteiger partial charge in [-0.1, -0.05) is 36.4 Å². The van der Waals surface area contributed by atoms with Gasteiger partial charge in [0.05, 0.1) is 22.8 Å². The van der Waals surface area contributed by atoms with Crippen molar-refractivity contribution in [3.8, 4) is 5.69 Å². The van der Waals surface area contributed by atoms with E-state index in [0.717, 1.165) is 41.7 Å². The van der Waals surface area contributed by atoms with Crippen LogP contribution in [0, 0.1) is 0 Å². The first-order valence-corrected chi connectivity index (χ1v) is 13.6. The Morgan fingerprint density at radius 3 is 2.65 bits per heavy atom. The second-order valence-electron chi connectivity index (χ2n) is 10.3. The van der Waals surface area contributed by atoms with Gasteiger partial charge in [0, 0.05) is 18.0 Å². The van der Waals surface area contributed by atoms with Crippen molar-refractivity contribution in [3.63, 3.8) is 0 Å². The molecule has 2 aromatic heterocycles. The summed E-state index contributed by atoms with van der Waals surface area (Å²) in [5, 5.41) is 18.8. The fourth-order valence-electron chi connectivity index (χ4n) is 5.20. The number of carbonyl (C=O) groups excluding carboxylic acids is 1. The van der Waals surface area contributed by atoms with Crippen LogP contribution in [-0.4, -0.2) is 26.0 Å². The quantitative estimate of drug-likeness (QED) is 0.356. The number of nitrogens with zero attached hydrogens (tertiary/aromatic N) is 3. The average Bonchev–Trinajstić information content (AvgIpc) is 3.63. The van der Waals surface area contributed by atoms with E-state index in [-0.39, 0.29) is 6.61 Å². The molecule has 37 heavy (non-hydrogen) atoms. The van der Waals surface area contributed by atoms with E-state index in [1.807, 2.05) is 47.4 Å². The highest BCUT2D eigenvalue weighted by Gasteiger charge is 2.29. The zero-order chi connectivity index (χ0) is 25.6. The first kappa shape index (κ1) is 23.9. The van der Waals surface area contributed by atoms with Crippen molar-refractivity contribution < 1.29 is 14.6 Å². The Morgan fingerprint density at radius 1 is 1.14 bits per heavy atom. The van der Waals surface area contributed by atoms with Crippen molar-refractivity contribution in [2.75, 3.05) is 0 Å². The second-order valence-corrected chi connectivity index (χ2v) is 11.4. The van der Waals surface area contributed by atoms with E-state index in [2.05, 4.69) is 16.4 Å². The summed E-state index contributed by atoms with van der Waals surface area (Å²) in [6, 6.07) is 11.5. The van der Waals surface area contributed by atoms with Crippen LogP contribution in [0.2, 0.25) is 0 Å². The normalized spacial score (nSPS) is 15.0. The summed E-state index contributed by atoms with van der Waals surface area (Å²) < 4.78 is 7.51. The molecule has 0 spiro atoms. The summed E-state index contributed by atoms with van der Waals surface area (Å²) in [7, 11) is 0. The third kappa shape index (κ3) is 4.67. The van der Waals surface area contributed by atoms with Crippen molar-refractivity contribution in [2.45, 2.75) is 64.2 Å². The van der Waals surface area contributed by atoms with E-state index in [1.54, 1.807) is 20.0 Å². The number of carbonyl (C=O) groups is 1. The predicted molar refractivity (Wildman–Crippen MR) is 142 cm³/mol. The number of aryl methyl sites for hydroxylation is 2. The average molecular weight is 515 g/mol. The van der Waals surface area contributed by atoms with Gasteiger partial charge in [0.15, 0.2) is 0 Å². The van der Waals surface area contributed by atoms with Gasteiger partial charge in [-0.3, -0.25) is 0 Å². The zero-order valence-electron chi connectivity index (χ0n) is 21.0. The molecule has 8 heteroatoms. The number of benzene rings is 2. The Kier molecular flexibility index (Phi) is 6.09. The minimum atomic E-state index is -1.07. The number of alkyl carbamates (subject to hydrolysis) is 1. The molecule has 4 aromatic rings. The third-order valence-corrected chi connectivity index (χ3v) is 8.56. The summed E-state index contributed by atoms with van der Waals surface area (Å²) in [5.41, 5.74) is 7.58. The maximum atomic E-state index is 12.9. The Balaban J connectivity index is 1.31. The summed E-state index contributed by atoms with van der Waals surface area (Å²) in [5.74, 6) is 0. The minimum Gasteiger partial charge on any atom is -0.445 e. The van der Waals surface area contributed by atoms with E-state index in [1.165, 1.54) is 45.7 Å². The molecule has 2 N–H and O–H groups in total. The Morgan fingerprint density at radius 2 is 1.92 bits per heavy atom. The van der Waals surface area contributed by atoms with Crippen molar-refractivity contribution in [1.29, 1.82) is 0 Å². The molecule has 0 saturated carbocycles. The molecule has 2 heterocycles. The molecule has 2 aliphatic rings. The molecule has 0 radical (unpaired) electrons. The highest BCUT2D eigenvalue weighted by atomic mass is 32.1. The smallest absolute Gasteiger partial charge is 0.408 e. The van der Waals surface area contributed by atoms with Gasteiger partial charge in [0.1, 0.15) is 17.2 Å². The molecule has 190 valence electrons. The Hall–Kier alpha value is -3.49. The van der Waals surface area contributed by atoms with Gasteiger partial charge in [-0.25, -0.2) is 14.5 Å². The third-order valence-electron chi connectivity index (χ3n) is 7.18. The highest BCUT2D eigenvalue weighted by Crippen LogP contribution is 2.39. The van der Waals surface area contributed by atoms with Gasteiger partial charge in [-0.2, -0.15) is 5.10 Å². The summed E-state index contributed by atoms with van der Waals surface area (Å²) in [6.07, 6.45) is 10.6. The number of amides is 1. The molecule has 1 amide bonds. The Bertz CT molecular complexity index is 1450. The summed E-state index contributed by atoms with van der Waals surface area (Å²) in [4.78, 5) is 18.1. The van der Waals surface area contributed by atoms with Crippen molar-refractivity contribution in [3.05, 3.63) is 98.3 Å². The molecule has 1 unspecified atom stereocenters. The number of ether oxygens (including phenoxy) is 1. The SMILES string of the molecule is CC(C)(O)c1ncc(C(NC(=O)OCc2ccccc2)c2cnn(-c3c4c(cc5c3CC5)CCC4)c2)s1. The van der Waals surface area contributed by atoms with Gasteiger partial charge in [-0.05, 0) is 73.8 Å². The van der Waals surface area contributed by atoms with E-state index in [4.69, 9.17) is 9.84 Å². The second kappa shape index (κ2) is 9.43. The van der Waals surface area contributed by atoms with Gasteiger partial charge < -0.3 is 15.2 Å². The van der Waals surface area contributed by atoms with Crippen LogP contribution in [-0.2, 0) is 42.6 Å². The number of thiazole rings is 1. The molecule has 2 aliphatic carbocycles. The lowest BCUT2D eigenvalue weighted by Crippen LogP contribution is -2.29. The molecular formula is C29H30N4O3S. The van der Waals surface area contributed by atoms with Crippen LogP contribution in [0.15, 0.2) is 55.0 Å². The lowest BCUT2D eigenvalue weighted by molar-refractivity contribution is 0.0783. The molecule has 6 rings (SSSR count). The number of fused-ring (bicyclic) bond motifs is 2. The number of nitrogens with one attached hydrogen (secondary N) is 1. The van der Waals surface area contributed by atoms with Crippen LogP contribution in [0.25, 0.3) is 5.69 Å². The lowest BCUT2D eigenvalue weighted by Gasteiger charge is -2.25. The molecule has 7 nitrogen and oxygen atoms in total. The van der Waals surface area contributed by atoms with E-state index < -0.39 is 17.7 Å². The van der Waals surface area contributed by atoms with Gasteiger partial charge in [0.25, 0.3) is 0 Å². The fourth-order valence-corrected chi connectivity index (χ4v) is 6.20. The molecule has 0 bridgehead atoms. The number of aliphatic hydroxyl groups is 1. The maximum Gasteiger partial charge on any atom is 0.408 e. The van der Waals surface area contributed by atoms with Crippen LogP contribution < -0.4 is 5.32 Å². The van der Waals surface area contributed by atoms with Crippen LogP contribution in [0.1, 0.15) is 69.6 Å². The van der Waals surface area contributed by atoms with Crippen molar-refractivity contribution in [2.24, 2.45) is 0 Å². The van der Waals surface area contributed by atoms with Crippen molar-refractivity contribution >= 4 is 17.4 Å². The fraction of sp³-hybridized carbons (Fsp3) is 0.345. The molecule has 1 atom stereocenters. The number of hydrogen-bond donors (Lipinski definition) is 2. The van der Waals surface area contributed by atoms with E-state index in [0.29, 0.717) is 5.01 Å². The topological polar surface area (TPSA) is 89.3 Å². The minimum absolute atomic E-state index is 0.179. The van der Waals surface area contributed by atoms with Crippen LogP contribution in [0.3, 0.4) is 0 Å². The summed E-state index contributed by atoms with van der Waals surface area (Å²) in [6.45, 7) is 3.59. The maximum absolute atomic E-state index is 12.9. The largest absolute Gasteiger partial charge is 0.445 e. The molecule has 0 saturated heterocycles. The van der Waals surface area contributed by atoms with Gasteiger partial charge >= 0.3 is 6.09 Å². The van der Waals surface area contributed by atoms with Crippen LogP contribution >= 0.6 is 11.3 Å². The summed E-state index contributed by atoms with van der Waals surface area (Å²) >= 11 is 1.37. The molecular weight excluding hydrogens is 484 g/mol. The number of hydrogen-bond acceptors (Lipinski definition) is 6. The molecule has 2 aromatic carbocycles. The lowest BCUT2D eigenvalue weighted by atomic mass is 9.83. The van der Waals surface area contributed by atoms with E-state index >= 15 is 0 Å². The number of aromatic nitrogens is 3. The van der Waals surface area contributed by atoms with Crippen molar-refractivity contribution in [1.82, 2.24) is 20.1 Å². The first-order chi connectivity index (χ1) is 17.9. The standard InChI is InChI=1S/C29H30N4O3S/c1-29(2,35)27-30-15-24(37-27)25(32-28(34)36-17-18-7-4-3-5-8-18)21-14-31-33(16-21)26-22-10-6-9-19(22)13-20-11-12-23(20)26/h3-5,7-8,13-16,25,35H,6,9-12,17H2,1-2H3,(H,32,34). The zero-order valence-corrected chi connectivity index (χ0v) is 21.8. The van der Waals surface area contributed by atoms with E-state index in [9.17, 15) is 9.90 Å². The van der Waals surface area contributed by atoms with Gasteiger partial charge in [-0.15, -0.1) is 11.3 Å². The molecule has 0 fully saturated rings. The highest BCUT2D eigenvalue weighted by molar-refractivity contribution is 7.11. The van der Waals surface area contributed by atoms with Gasteiger partial charge in [0.2, 0.25) is 0 Å². The first-order valence-electron chi connectivity index (χ1n) is 12.7. The monoisotopic (exact) mass is 514 g/mol. The van der Waals surface area contributed by atoms with Crippen LogP contribution in [0.4, 0.5) is 4.79 Å². The number of rotatable bonds is 7. The Labute approximate surface area is 220 Å². The predicted octanol–water partition coefficient (Wildman–Crippen LogP) is 5.16. The molecule has 0 aliphatic heterocycles.